The molecular formula is C18H16F3IO5S. The van der Waals surface area contributed by atoms with Crippen LogP contribution in [0.15, 0.2) is 42.5 Å². The van der Waals surface area contributed by atoms with Gasteiger partial charge in [-0.3, -0.25) is 4.79 Å². The van der Waals surface area contributed by atoms with Gasteiger partial charge in [0.15, 0.2) is 25.2 Å². The summed E-state index contributed by atoms with van der Waals surface area (Å²) in [7, 11) is -4.40. The second-order valence-electron chi connectivity index (χ2n) is 5.68. The molecule has 5 nitrogen and oxygen atoms in total. The number of methoxy groups -OCH3 is 1. The first-order valence-electron chi connectivity index (χ1n) is 7.99. The first-order valence-corrected chi connectivity index (χ1v) is 11.6. The number of benzene rings is 2. The van der Waals surface area contributed by atoms with Crippen molar-refractivity contribution in [2.45, 2.75) is 24.8 Å². The molecule has 1 aliphatic rings. The predicted octanol–water partition coefficient (Wildman–Crippen LogP) is 0.394. The van der Waals surface area contributed by atoms with E-state index in [1.807, 2.05) is 12.1 Å². The number of carbonyl (C=O) groups is 1. The van der Waals surface area contributed by atoms with Gasteiger partial charge in [-0.05, 0) is 36.6 Å². The number of hydrogen-bond donors (Lipinski definition) is 0. The minimum atomic E-state index is -6.09. The standard InChI is InChI=1S/C17H16IO2.CHF3O3S/c1-20-15-11-10-12-6-5-9-14(19)16(12)17(15)18-13-7-3-2-4-8-13;2-1(3,4)8(5,6)7/h2-4,7-8,10-11H,5-6,9H2,1H3;(H,5,6,7)/q+1;/p-1. The van der Waals surface area contributed by atoms with E-state index in [2.05, 4.69) is 30.3 Å². The van der Waals surface area contributed by atoms with Gasteiger partial charge in [-0.15, -0.1) is 0 Å². The van der Waals surface area contributed by atoms with Gasteiger partial charge in [0.05, 0.1) is 12.7 Å². The lowest BCUT2D eigenvalue weighted by atomic mass is 9.90. The Balaban J connectivity index is 0.000000300. The highest BCUT2D eigenvalue weighted by atomic mass is 127. The number of ketones is 1. The van der Waals surface area contributed by atoms with Gasteiger partial charge in [-0.25, -0.2) is 8.42 Å². The number of hydrogen-bond acceptors (Lipinski definition) is 5. The summed E-state index contributed by atoms with van der Waals surface area (Å²) in [5.74, 6) is 1.16. The molecule has 0 bridgehead atoms. The Morgan fingerprint density at radius 2 is 1.68 bits per heavy atom. The summed E-state index contributed by atoms with van der Waals surface area (Å²) in [6.07, 6.45) is 2.66. The maximum atomic E-state index is 12.3. The summed E-state index contributed by atoms with van der Waals surface area (Å²) in [6.45, 7) is 0. The Morgan fingerprint density at radius 3 is 2.21 bits per heavy atom. The molecule has 0 aliphatic heterocycles. The molecule has 0 heterocycles. The molecule has 0 unspecified atom stereocenters. The van der Waals surface area contributed by atoms with Gasteiger partial charge in [0.2, 0.25) is 3.57 Å². The third-order valence-electron chi connectivity index (χ3n) is 3.76. The molecule has 0 N–H and O–H groups in total. The average molecular weight is 528 g/mol. The average Bonchev–Trinajstić information content (AvgIpc) is 2.62. The van der Waals surface area contributed by atoms with Crippen molar-refractivity contribution in [3.05, 3.63) is 60.7 Å². The molecule has 28 heavy (non-hydrogen) atoms. The van der Waals surface area contributed by atoms with Crippen molar-refractivity contribution in [1.29, 1.82) is 0 Å². The van der Waals surface area contributed by atoms with E-state index in [0.717, 1.165) is 27.7 Å². The maximum absolute atomic E-state index is 12.3. The SMILES string of the molecule is COc1ccc2c(c1[I+]c1ccccc1)C(=O)CCC2.O=S(=O)([O-])C(F)(F)F. The lowest BCUT2D eigenvalue weighted by Crippen LogP contribution is -3.61. The third-order valence-corrected chi connectivity index (χ3v) is 7.28. The van der Waals surface area contributed by atoms with Crippen molar-refractivity contribution in [3.63, 3.8) is 0 Å². The summed E-state index contributed by atoms with van der Waals surface area (Å²) >= 11 is -0.389. The number of alkyl halides is 3. The van der Waals surface area contributed by atoms with Gasteiger partial charge < -0.3 is 9.29 Å². The number of aryl methyl sites for hydroxylation is 1. The molecule has 0 saturated carbocycles. The Morgan fingerprint density at radius 1 is 1.07 bits per heavy atom. The summed E-state index contributed by atoms with van der Waals surface area (Å²) in [5.41, 5.74) is -3.49. The summed E-state index contributed by atoms with van der Waals surface area (Å²) in [4.78, 5) is 12.3. The molecule has 10 heteroatoms. The maximum Gasteiger partial charge on any atom is 0.485 e. The number of ether oxygens (including phenoxy) is 1. The fourth-order valence-electron chi connectivity index (χ4n) is 2.51. The lowest BCUT2D eigenvalue weighted by molar-refractivity contribution is -0.598. The van der Waals surface area contributed by atoms with Crippen LogP contribution in [0.2, 0.25) is 0 Å². The van der Waals surface area contributed by atoms with Crippen LogP contribution in [0.1, 0.15) is 28.8 Å². The van der Waals surface area contributed by atoms with Gasteiger partial charge >= 0.3 is 26.7 Å². The van der Waals surface area contributed by atoms with Crippen LogP contribution in [-0.4, -0.2) is 31.4 Å². The second-order valence-corrected chi connectivity index (χ2v) is 9.92. The van der Waals surface area contributed by atoms with Crippen molar-refractivity contribution < 1.29 is 56.9 Å². The fraction of sp³-hybridized carbons (Fsp3) is 0.278. The van der Waals surface area contributed by atoms with Crippen molar-refractivity contribution in [2.24, 2.45) is 0 Å². The highest BCUT2D eigenvalue weighted by molar-refractivity contribution is 7.86. The van der Waals surface area contributed by atoms with E-state index in [1.165, 1.54) is 9.13 Å². The topological polar surface area (TPSA) is 83.5 Å². The first kappa shape index (κ1) is 22.6. The number of rotatable bonds is 3. The van der Waals surface area contributed by atoms with Gasteiger partial charge in [0.25, 0.3) is 0 Å². The summed E-state index contributed by atoms with van der Waals surface area (Å²) < 4.78 is 66.9. The second kappa shape index (κ2) is 9.23. The molecular weight excluding hydrogens is 512 g/mol. The molecule has 0 amide bonds. The van der Waals surface area contributed by atoms with Crippen molar-refractivity contribution >= 4 is 15.9 Å². The molecule has 2 aromatic rings. The Kier molecular flexibility index (Phi) is 7.46. The van der Waals surface area contributed by atoms with Crippen LogP contribution in [0.3, 0.4) is 0 Å². The predicted molar refractivity (Wildman–Crippen MR) is 89.9 cm³/mol. The van der Waals surface area contributed by atoms with Crippen LogP contribution in [0.5, 0.6) is 5.75 Å². The zero-order valence-corrected chi connectivity index (χ0v) is 17.6. The number of fused-ring (bicyclic) bond motifs is 1. The third kappa shape index (κ3) is 5.67. The smallest absolute Gasteiger partial charge is 0.485 e. The van der Waals surface area contributed by atoms with Crippen LogP contribution in [0.4, 0.5) is 13.2 Å². The molecule has 2 aromatic carbocycles. The zero-order valence-electron chi connectivity index (χ0n) is 14.6. The fourth-order valence-corrected chi connectivity index (χ4v) is 5.49. The van der Waals surface area contributed by atoms with Crippen LogP contribution in [0, 0.1) is 7.14 Å². The van der Waals surface area contributed by atoms with Gasteiger partial charge in [0, 0.05) is 6.42 Å². The molecule has 3 rings (SSSR count). The molecule has 0 aromatic heterocycles. The highest BCUT2D eigenvalue weighted by Crippen LogP contribution is 2.25. The number of halogens is 4. The van der Waals surface area contributed by atoms with Crippen LogP contribution in [-0.2, 0) is 16.5 Å². The van der Waals surface area contributed by atoms with Crippen molar-refractivity contribution in [1.82, 2.24) is 0 Å². The monoisotopic (exact) mass is 528 g/mol. The van der Waals surface area contributed by atoms with E-state index in [0.29, 0.717) is 6.42 Å². The van der Waals surface area contributed by atoms with E-state index >= 15 is 0 Å². The van der Waals surface area contributed by atoms with Gasteiger partial charge in [-0.1, -0.05) is 24.3 Å². The molecule has 0 atom stereocenters. The van der Waals surface area contributed by atoms with Gasteiger partial charge in [-0.2, -0.15) is 13.2 Å². The summed E-state index contributed by atoms with van der Waals surface area (Å²) in [6, 6.07) is 14.5. The van der Waals surface area contributed by atoms with Crippen molar-refractivity contribution in [2.75, 3.05) is 7.11 Å². The molecule has 1 aliphatic carbocycles. The van der Waals surface area contributed by atoms with Crippen LogP contribution < -0.4 is 25.9 Å². The Bertz CT molecular complexity index is 944. The van der Waals surface area contributed by atoms with E-state index in [9.17, 15) is 18.0 Å². The minimum Gasteiger partial charge on any atom is -0.741 e. The van der Waals surface area contributed by atoms with Gasteiger partial charge in [0.1, 0.15) is 0 Å². The quantitative estimate of drug-likeness (QED) is 0.327. The molecule has 0 saturated heterocycles. The first-order chi connectivity index (χ1) is 13.0. The highest BCUT2D eigenvalue weighted by Gasteiger charge is 2.37. The normalized spacial score (nSPS) is 14.0. The minimum absolute atomic E-state index is 0.288. The molecule has 152 valence electrons. The largest absolute Gasteiger partial charge is 0.741 e. The summed E-state index contributed by atoms with van der Waals surface area (Å²) in [5, 5.41) is 0. The zero-order chi connectivity index (χ0) is 20.9. The van der Waals surface area contributed by atoms with E-state index in [-0.39, 0.29) is 27.0 Å². The molecule has 0 fully saturated rings. The van der Waals surface area contributed by atoms with E-state index in [4.69, 9.17) is 17.7 Å². The number of carbonyl (C=O) groups excluding carboxylic acids is 1. The lowest BCUT2D eigenvalue weighted by Gasteiger charge is -2.15. The van der Waals surface area contributed by atoms with Crippen molar-refractivity contribution in [3.8, 4) is 5.75 Å². The number of Topliss-reactive ketones (excluding diaryl/α,β-unsaturated/α-hetero) is 1. The van der Waals surface area contributed by atoms with Crippen LogP contribution in [0.25, 0.3) is 0 Å². The molecule has 0 spiro atoms. The van der Waals surface area contributed by atoms with Crippen LogP contribution >= 0.6 is 0 Å². The Labute approximate surface area is 170 Å². The van der Waals surface area contributed by atoms with E-state index in [1.54, 1.807) is 7.11 Å². The van der Waals surface area contributed by atoms with E-state index < -0.39 is 15.6 Å². The Hall–Kier alpha value is -1.66. The molecule has 0 radical (unpaired) electrons.